The van der Waals surface area contributed by atoms with Crippen LogP contribution in [0, 0.1) is 0 Å². The Hall–Kier alpha value is -1.27. The van der Waals surface area contributed by atoms with E-state index in [0.717, 1.165) is 5.56 Å². The summed E-state index contributed by atoms with van der Waals surface area (Å²) in [6.45, 7) is 3.67. The molecule has 1 aliphatic rings. The van der Waals surface area contributed by atoms with Crippen LogP contribution >= 0.6 is 10.7 Å². The van der Waals surface area contributed by atoms with Gasteiger partial charge in [-0.05, 0) is 23.6 Å². The number of rotatable bonds is 2. The van der Waals surface area contributed by atoms with Gasteiger partial charge >= 0.3 is 0 Å². The number of hydrogen-bond acceptors (Lipinski definition) is 4. The molecule has 0 fully saturated rings. The Bertz CT molecular complexity index is 639. The van der Waals surface area contributed by atoms with Crippen LogP contribution in [0.1, 0.15) is 25.3 Å². The molecule has 0 unspecified atom stereocenters. The summed E-state index contributed by atoms with van der Waals surface area (Å²) in [5.41, 5.74) is 1.21. The Morgan fingerprint density at radius 3 is 2.53 bits per heavy atom. The normalized spacial score (nSPS) is 15.4. The third-order valence-corrected chi connectivity index (χ3v) is 4.39. The molecule has 0 N–H and O–H groups in total. The fourth-order valence-electron chi connectivity index (χ4n) is 1.88. The molecule has 19 heavy (non-hydrogen) atoms. The lowest BCUT2D eigenvalue weighted by molar-refractivity contribution is -0.121. The molecule has 1 aliphatic heterocycles. The molecule has 0 spiro atoms. The van der Waals surface area contributed by atoms with Gasteiger partial charge in [-0.25, -0.2) is 8.42 Å². The van der Waals surface area contributed by atoms with Gasteiger partial charge in [0.15, 0.2) is 12.4 Å². The van der Waals surface area contributed by atoms with Crippen LogP contribution in [-0.4, -0.2) is 28.0 Å². The number of amides is 1. The molecule has 1 aromatic rings. The second kappa shape index (κ2) is 4.68. The Labute approximate surface area is 116 Å². The summed E-state index contributed by atoms with van der Waals surface area (Å²) in [4.78, 5) is 12.9. The van der Waals surface area contributed by atoms with Gasteiger partial charge in [-0.2, -0.15) is 0 Å². The number of hydrogen-bond donors (Lipinski definition) is 0. The van der Waals surface area contributed by atoms with Gasteiger partial charge in [0.2, 0.25) is 0 Å². The van der Waals surface area contributed by atoms with Crippen molar-refractivity contribution < 1.29 is 17.9 Å². The van der Waals surface area contributed by atoms with Crippen LogP contribution in [0.2, 0.25) is 0 Å². The molecule has 2 rings (SSSR count). The van der Waals surface area contributed by atoms with Gasteiger partial charge in [-0.3, -0.25) is 4.79 Å². The van der Waals surface area contributed by atoms with Gasteiger partial charge in [-0.1, -0.05) is 13.8 Å². The number of fused-ring (bicyclic) bond motifs is 1. The van der Waals surface area contributed by atoms with Gasteiger partial charge in [0.1, 0.15) is 4.90 Å². The van der Waals surface area contributed by atoms with Crippen molar-refractivity contribution in [2.45, 2.75) is 24.7 Å². The summed E-state index contributed by atoms with van der Waals surface area (Å²) in [6.07, 6.45) is 0. The van der Waals surface area contributed by atoms with Crippen LogP contribution in [0.15, 0.2) is 17.0 Å². The molecular formula is C12H14ClNO4S. The van der Waals surface area contributed by atoms with E-state index in [4.69, 9.17) is 15.4 Å². The van der Waals surface area contributed by atoms with Crippen molar-refractivity contribution in [3.8, 4) is 5.75 Å². The lowest BCUT2D eigenvalue weighted by atomic mass is 10.0. The van der Waals surface area contributed by atoms with E-state index in [1.165, 1.54) is 11.0 Å². The number of nitrogens with zero attached hydrogens (tertiary/aromatic N) is 1. The first-order valence-electron chi connectivity index (χ1n) is 5.73. The lowest BCUT2D eigenvalue weighted by Crippen LogP contribution is -2.36. The topological polar surface area (TPSA) is 63.7 Å². The molecule has 1 amide bonds. The molecule has 0 aromatic heterocycles. The van der Waals surface area contributed by atoms with E-state index in [2.05, 4.69) is 0 Å². The van der Waals surface area contributed by atoms with Crippen LogP contribution < -0.4 is 9.64 Å². The highest BCUT2D eigenvalue weighted by Crippen LogP contribution is 2.41. The van der Waals surface area contributed by atoms with Gasteiger partial charge in [0.05, 0.1) is 5.69 Å². The Kier molecular flexibility index (Phi) is 3.49. The zero-order valence-electron chi connectivity index (χ0n) is 10.8. The number of carbonyl (C=O) groups is 1. The SMILES string of the molecule is CC(C)c1cc2c(c(S(=O)(=O)Cl)c1)OCC(=O)N2C. The van der Waals surface area contributed by atoms with E-state index in [0.29, 0.717) is 5.69 Å². The second-order valence-electron chi connectivity index (χ2n) is 4.70. The van der Waals surface area contributed by atoms with Crippen molar-refractivity contribution in [1.29, 1.82) is 0 Å². The number of carbonyl (C=O) groups excluding carboxylic acids is 1. The second-order valence-corrected chi connectivity index (χ2v) is 7.24. The van der Waals surface area contributed by atoms with Crippen molar-refractivity contribution in [2.24, 2.45) is 0 Å². The summed E-state index contributed by atoms with van der Waals surface area (Å²) >= 11 is 0. The van der Waals surface area contributed by atoms with Crippen LogP contribution in [0.25, 0.3) is 0 Å². The Balaban J connectivity index is 2.75. The summed E-state index contributed by atoms with van der Waals surface area (Å²) in [6, 6.07) is 3.25. The molecule has 7 heteroatoms. The maximum atomic E-state index is 11.6. The molecule has 0 saturated carbocycles. The summed E-state index contributed by atoms with van der Waals surface area (Å²) in [7, 11) is 3.09. The van der Waals surface area contributed by atoms with Gasteiger partial charge in [0.25, 0.3) is 15.0 Å². The molecule has 0 aliphatic carbocycles. The zero-order chi connectivity index (χ0) is 14.4. The van der Waals surface area contributed by atoms with E-state index in [9.17, 15) is 13.2 Å². The fraction of sp³-hybridized carbons (Fsp3) is 0.417. The number of anilines is 1. The van der Waals surface area contributed by atoms with Gasteiger partial charge in [0, 0.05) is 17.7 Å². The van der Waals surface area contributed by atoms with Crippen molar-refractivity contribution in [3.63, 3.8) is 0 Å². The maximum absolute atomic E-state index is 11.6. The third kappa shape index (κ3) is 2.55. The highest BCUT2D eigenvalue weighted by molar-refractivity contribution is 8.13. The number of benzene rings is 1. The van der Waals surface area contributed by atoms with Crippen molar-refractivity contribution >= 4 is 31.3 Å². The van der Waals surface area contributed by atoms with E-state index in [1.54, 1.807) is 13.1 Å². The van der Waals surface area contributed by atoms with Crippen LogP contribution in [0.5, 0.6) is 5.75 Å². The van der Waals surface area contributed by atoms with Crippen LogP contribution in [0.3, 0.4) is 0 Å². The minimum absolute atomic E-state index is 0.0882. The van der Waals surface area contributed by atoms with E-state index < -0.39 is 9.05 Å². The summed E-state index contributed by atoms with van der Waals surface area (Å²) in [5, 5.41) is 0. The highest BCUT2D eigenvalue weighted by Gasteiger charge is 2.30. The highest BCUT2D eigenvalue weighted by atomic mass is 35.7. The largest absolute Gasteiger partial charge is 0.480 e. The van der Waals surface area contributed by atoms with E-state index in [1.807, 2.05) is 13.8 Å². The van der Waals surface area contributed by atoms with E-state index >= 15 is 0 Å². The van der Waals surface area contributed by atoms with Crippen molar-refractivity contribution in [2.75, 3.05) is 18.6 Å². The van der Waals surface area contributed by atoms with Gasteiger partial charge < -0.3 is 9.64 Å². The first kappa shape index (κ1) is 14.1. The Morgan fingerprint density at radius 2 is 2.00 bits per heavy atom. The quantitative estimate of drug-likeness (QED) is 0.785. The molecule has 104 valence electrons. The van der Waals surface area contributed by atoms with Crippen LogP contribution in [0.4, 0.5) is 5.69 Å². The first-order valence-corrected chi connectivity index (χ1v) is 8.04. The first-order chi connectivity index (χ1) is 8.71. The minimum atomic E-state index is -3.93. The molecule has 0 saturated heterocycles. The minimum Gasteiger partial charge on any atom is -0.480 e. The smallest absolute Gasteiger partial charge is 0.265 e. The lowest BCUT2D eigenvalue weighted by Gasteiger charge is -2.28. The Morgan fingerprint density at radius 1 is 1.37 bits per heavy atom. The standard InChI is InChI=1S/C12H14ClNO4S/c1-7(2)8-4-9-12(10(5-8)19(13,16)17)18-6-11(15)14(9)3/h4-5,7H,6H2,1-3H3. The van der Waals surface area contributed by atoms with Crippen LogP contribution in [-0.2, 0) is 13.8 Å². The monoisotopic (exact) mass is 303 g/mol. The van der Waals surface area contributed by atoms with Gasteiger partial charge in [-0.15, -0.1) is 0 Å². The predicted octanol–water partition coefficient (Wildman–Crippen LogP) is 2.09. The van der Waals surface area contributed by atoms with Crippen molar-refractivity contribution in [3.05, 3.63) is 17.7 Å². The number of halogens is 1. The molecule has 5 nitrogen and oxygen atoms in total. The number of likely N-dealkylation sites (N-methyl/N-ethyl adjacent to an activating group) is 1. The molecule has 0 atom stereocenters. The summed E-state index contributed by atoms with van der Waals surface area (Å²) < 4.78 is 28.5. The third-order valence-electron chi connectivity index (χ3n) is 3.06. The van der Waals surface area contributed by atoms with Crippen molar-refractivity contribution in [1.82, 2.24) is 0 Å². The maximum Gasteiger partial charge on any atom is 0.265 e. The molecule has 1 heterocycles. The fourth-order valence-corrected chi connectivity index (χ4v) is 2.89. The average molecular weight is 304 g/mol. The predicted molar refractivity (Wildman–Crippen MR) is 72.5 cm³/mol. The molecule has 0 bridgehead atoms. The average Bonchev–Trinajstić information content (AvgIpc) is 2.31. The molecule has 0 radical (unpaired) electrons. The molecule has 1 aromatic carbocycles. The molecular weight excluding hydrogens is 290 g/mol. The van der Waals surface area contributed by atoms with E-state index in [-0.39, 0.29) is 29.1 Å². The summed E-state index contributed by atoms with van der Waals surface area (Å²) in [5.74, 6) is 0.0146. The zero-order valence-corrected chi connectivity index (χ0v) is 12.4. The number of ether oxygens (including phenoxy) is 1.